The highest BCUT2D eigenvalue weighted by Gasteiger charge is 2.21. The summed E-state index contributed by atoms with van der Waals surface area (Å²) in [6.45, 7) is 7.20. The van der Waals surface area contributed by atoms with Crippen molar-refractivity contribution in [3.63, 3.8) is 0 Å². The Morgan fingerprint density at radius 3 is 2.45 bits per heavy atom. The molecule has 0 saturated carbocycles. The van der Waals surface area contributed by atoms with Crippen molar-refractivity contribution in [1.82, 2.24) is 10.5 Å². The fourth-order valence-corrected chi connectivity index (χ4v) is 1.95. The Morgan fingerprint density at radius 2 is 1.86 bits per heavy atom. The van der Waals surface area contributed by atoms with Gasteiger partial charge in [-0.3, -0.25) is 19.8 Å². The third-order valence-electron chi connectivity index (χ3n) is 3.29. The summed E-state index contributed by atoms with van der Waals surface area (Å²) in [6.07, 6.45) is 0. The van der Waals surface area contributed by atoms with Gasteiger partial charge in [-0.2, -0.15) is 0 Å². The summed E-state index contributed by atoms with van der Waals surface area (Å²) in [7, 11) is 0. The van der Waals surface area contributed by atoms with Gasteiger partial charge in [-0.05, 0) is 25.1 Å². The van der Waals surface area contributed by atoms with E-state index < -0.39 is 11.3 Å². The van der Waals surface area contributed by atoms with Crippen molar-refractivity contribution in [3.05, 3.63) is 35.5 Å². The van der Waals surface area contributed by atoms with Crippen LogP contribution in [-0.2, 0) is 4.79 Å². The minimum Gasteiger partial charge on any atom is -0.326 e. The molecule has 1 heterocycles. The van der Waals surface area contributed by atoms with Gasteiger partial charge in [0.15, 0.2) is 0 Å². The summed E-state index contributed by atoms with van der Waals surface area (Å²) >= 11 is 0. The van der Waals surface area contributed by atoms with Crippen molar-refractivity contribution >= 4 is 28.4 Å². The molecule has 0 atom stereocenters. The van der Waals surface area contributed by atoms with E-state index in [4.69, 9.17) is 5.21 Å². The maximum absolute atomic E-state index is 12.0. The van der Waals surface area contributed by atoms with Crippen LogP contribution in [0.5, 0.6) is 0 Å². The Bertz CT molecular complexity index is 748. The van der Waals surface area contributed by atoms with E-state index in [1.54, 1.807) is 36.7 Å². The Balaban J connectivity index is 2.40. The zero-order chi connectivity index (χ0) is 16.5. The lowest BCUT2D eigenvalue weighted by Gasteiger charge is -2.17. The number of rotatable bonds is 2. The smallest absolute Gasteiger partial charge is 0.276 e. The number of benzene rings is 1. The van der Waals surface area contributed by atoms with Crippen LogP contribution in [0.4, 0.5) is 5.69 Å². The van der Waals surface area contributed by atoms with Crippen molar-refractivity contribution in [2.24, 2.45) is 5.41 Å². The molecule has 0 aliphatic heterocycles. The molecule has 0 bridgehead atoms. The number of carbonyl (C=O) groups excluding carboxylic acids is 2. The van der Waals surface area contributed by atoms with E-state index in [0.717, 1.165) is 5.39 Å². The predicted octanol–water partition coefficient (Wildman–Crippen LogP) is 2.65. The van der Waals surface area contributed by atoms with Crippen molar-refractivity contribution in [3.8, 4) is 0 Å². The Labute approximate surface area is 128 Å². The zero-order valence-corrected chi connectivity index (χ0v) is 13.0. The molecule has 0 unspecified atom stereocenters. The number of anilines is 1. The maximum Gasteiger partial charge on any atom is 0.276 e. The Hall–Kier alpha value is -2.47. The van der Waals surface area contributed by atoms with Crippen LogP contribution < -0.4 is 10.8 Å². The van der Waals surface area contributed by atoms with E-state index in [9.17, 15) is 9.59 Å². The van der Waals surface area contributed by atoms with Gasteiger partial charge in [0.1, 0.15) is 0 Å². The molecule has 0 aliphatic rings. The lowest BCUT2D eigenvalue weighted by Crippen LogP contribution is -2.27. The van der Waals surface area contributed by atoms with Crippen molar-refractivity contribution in [2.45, 2.75) is 27.7 Å². The lowest BCUT2D eigenvalue weighted by molar-refractivity contribution is -0.123. The monoisotopic (exact) mass is 301 g/mol. The highest BCUT2D eigenvalue weighted by atomic mass is 16.5. The number of fused-ring (bicyclic) bond motifs is 1. The molecule has 6 heteroatoms. The van der Waals surface area contributed by atoms with E-state index in [-0.39, 0.29) is 5.91 Å². The van der Waals surface area contributed by atoms with E-state index in [1.807, 2.05) is 20.8 Å². The minimum absolute atomic E-state index is 0.0835. The van der Waals surface area contributed by atoms with Gasteiger partial charge in [-0.1, -0.05) is 26.8 Å². The number of hydrogen-bond donors (Lipinski definition) is 3. The van der Waals surface area contributed by atoms with Crippen LogP contribution in [0.3, 0.4) is 0 Å². The van der Waals surface area contributed by atoms with Crippen LogP contribution >= 0.6 is 0 Å². The molecule has 22 heavy (non-hydrogen) atoms. The summed E-state index contributed by atoms with van der Waals surface area (Å²) in [6, 6.07) is 6.93. The number of nitrogens with one attached hydrogen (secondary N) is 2. The Morgan fingerprint density at radius 1 is 1.18 bits per heavy atom. The van der Waals surface area contributed by atoms with Gasteiger partial charge in [0.2, 0.25) is 5.91 Å². The van der Waals surface area contributed by atoms with Gasteiger partial charge in [0.05, 0.1) is 16.8 Å². The fourth-order valence-electron chi connectivity index (χ4n) is 1.95. The number of aromatic nitrogens is 1. The second-order valence-electron chi connectivity index (χ2n) is 6.17. The molecular formula is C16H19N3O3. The van der Waals surface area contributed by atoms with Gasteiger partial charge < -0.3 is 5.32 Å². The molecular weight excluding hydrogens is 282 g/mol. The van der Waals surface area contributed by atoms with Gasteiger partial charge in [0.25, 0.3) is 5.91 Å². The molecule has 0 spiro atoms. The first-order valence-electron chi connectivity index (χ1n) is 6.89. The molecule has 0 saturated heterocycles. The fraction of sp³-hybridized carbons (Fsp3) is 0.312. The minimum atomic E-state index is -0.600. The third-order valence-corrected chi connectivity index (χ3v) is 3.29. The predicted molar refractivity (Wildman–Crippen MR) is 83.8 cm³/mol. The molecule has 2 aromatic rings. The van der Waals surface area contributed by atoms with E-state index >= 15 is 0 Å². The molecule has 116 valence electrons. The summed E-state index contributed by atoms with van der Waals surface area (Å²) < 4.78 is 0. The van der Waals surface area contributed by atoms with Crippen molar-refractivity contribution in [1.29, 1.82) is 0 Å². The molecule has 1 aromatic carbocycles. The summed E-state index contributed by atoms with van der Waals surface area (Å²) in [4.78, 5) is 27.9. The number of amides is 2. The van der Waals surface area contributed by atoms with Crippen LogP contribution in [0.15, 0.2) is 24.3 Å². The van der Waals surface area contributed by atoms with Gasteiger partial charge in [-0.15, -0.1) is 0 Å². The molecule has 0 radical (unpaired) electrons. The summed E-state index contributed by atoms with van der Waals surface area (Å²) in [5, 5.41) is 12.3. The number of carbonyl (C=O) groups is 2. The van der Waals surface area contributed by atoms with Gasteiger partial charge in [-0.25, -0.2) is 5.48 Å². The number of nitrogens with zero attached hydrogens (tertiary/aromatic N) is 1. The average molecular weight is 301 g/mol. The van der Waals surface area contributed by atoms with Crippen LogP contribution in [0.2, 0.25) is 0 Å². The van der Waals surface area contributed by atoms with E-state index in [1.165, 1.54) is 0 Å². The molecule has 2 amide bonds. The molecule has 6 nitrogen and oxygen atoms in total. The highest BCUT2D eigenvalue weighted by molar-refractivity contribution is 6.00. The van der Waals surface area contributed by atoms with E-state index in [2.05, 4.69) is 10.3 Å². The molecule has 0 fully saturated rings. The molecule has 1 aromatic heterocycles. The van der Waals surface area contributed by atoms with Crippen LogP contribution in [-0.4, -0.2) is 22.0 Å². The zero-order valence-electron chi connectivity index (χ0n) is 13.0. The maximum atomic E-state index is 12.0. The SMILES string of the molecule is Cc1nc2cc(NC(=O)C(C)(C)C)ccc2cc1C(=O)NO. The lowest BCUT2D eigenvalue weighted by atomic mass is 9.95. The van der Waals surface area contributed by atoms with Crippen molar-refractivity contribution < 1.29 is 14.8 Å². The number of hydroxylamine groups is 1. The molecule has 2 rings (SSSR count). The highest BCUT2D eigenvalue weighted by Crippen LogP contribution is 2.22. The second-order valence-corrected chi connectivity index (χ2v) is 6.17. The first-order chi connectivity index (χ1) is 10.2. The van der Waals surface area contributed by atoms with Gasteiger partial charge >= 0.3 is 0 Å². The number of hydrogen-bond acceptors (Lipinski definition) is 4. The normalized spacial score (nSPS) is 11.3. The van der Waals surface area contributed by atoms with Crippen LogP contribution in [0, 0.1) is 12.3 Å². The van der Waals surface area contributed by atoms with Crippen LogP contribution in [0.1, 0.15) is 36.8 Å². The first-order valence-corrected chi connectivity index (χ1v) is 6.89. The second kappa shape index (κ2) is 5.73. The Kier molecular flexibility index (Phi) is 4.14. The summed E-state index contributed by atoms with van der Waals surface area (Å²) in [5.74, 6) is -0.683. The van der Waals surface area contributed by atoms with Crippen molar-refractivity contribution in [2.75, 3.05) is 5.32 Å². The van der Waals surface area contributed by atoms with E-state index in [0.29, 0.717) is 22.5 Å². The topological polar surface area (TPSA) is 91.3 Å². The third kappa shape index (κ3) is 3.23. The van der Waals surface area contributed by atoms with Crippen LogP contribution in [0.25, 0.3) is 10.9 Å². The molecule has 0 aliphatic carbocycles. The quantitative estimate of drug-likeness (QED) is 0.587. The largest absolute Gasteiger partial charge is 0.326 e. The first kappa shape index (κ1) is 15.9. The van der Waals surface area contributed by atoms with Gasteiger partial charge in [0, 0.05) is 16.5 Å². The number of pyridine rings is 1. The molecule has 3 N–H and O–H groups in total. The number of aryl methyl sites for hydroxylation is 1. The average Bonchev–Trinajstić information content (AvgIpc) is 2.44. The standard InChI is InChI=1S/C16H19N3O3/c1-9-12(14(20)19-22)7-10-5-6-11(8-13(10)17-9)18-15(21)16(2,3)4/h5-8,22H,1-4H3,(H,18,21)(H,19,20). The summed E-state index contributed by atoms with van der Waals surface area (Å²) in [5.41, 5.74) is 3.24.